The molecule has 1 aromatic heterocycles. The van der Waals surface area contributed by atoms with E-state index in [1.54, 1.807) is 0 Å². The number of aromatic hydroxyl groups is 1. The van der Waals surface area contributed by atoms with Gasteiger partial charge < -0.3 is 5.11 Å². The molecule has 80 valence electrons. The molecule has 0 radical (unpaired) electrons. The zero-order chi connectivity index (χ0) is 10.7. The lowest BCUT2D eigenvalue weighted by Crippen LogP contribution is -2.07. The zero-order valence-corrected chi connectivity index (χ0v) is 9.54. The van der Waals surface area contributed by atoms with Crippen molar-refractivity contribution >= 4 is 0 Å². The normalized spacial score (nSPS) is 11.2. The van der Waals surface area contributed by atoms with Gasteiger partial charge in [0.05, 0.1) is 5.69 Å². The zero-order valence-electron chi connectivity index (χ0n) is 9.54. The van der Waals surface area contributed by atoms with Crippen LogP contribution in [-0.2, 0) is 13.0 Å². The second-order valence-corrected chi connectivity index (χ2v) is 4.20. The number of hydrogen-bond acceptors (Lipinski definition) is 2. The summed E-state index contributed by atoms with van der Waals surface area (Å²) in [4.78, 5) is 0. The molecule has 0 aliphatic carbocycles. The molecular weight excluding hydrogens is 176 g/mol. The predicted octanol–water partition coefficient (Wildman–Crippen LogP) is 2.51. The molecule has 1 heterocycles. The average molecular weight is 196 g/mol. The molecule has 3 heteroatoms. The van der Waals surface area contributed by atoms with E-state index in [0.717, 1.165) is 30.8 Å². The first-order valence-corrected chi connectivity index (χ1v) is 5.31. The Bertz CT molecular complexity index is 302. The van der Waals surface area contributed by atoms with Crippen LogP contribution in [0.15, 0.2) is 0 Å². The molecule has 0 amide bonds. The molecule has 0 atom stereocenters. The highest BCUT2D eigenvalue weighted by Gasteiger charge is 2.14. The monoisotopic (exact) mass is 196 g/mol. The molecule has 0 aromatic carbocycles. The van der Waals surface area contributed by atoms with Crippen LogP contribution in [0.4, 0.5) is 0 Å². The number of aromatic nitrogens is 2. The minimum atomic E-state index is 0.382. The van der Waals surface area contributed by atoms with Crippen LogP contribution in [0, 0.1) is 12.8 Å². The van der Waals surface area contributed by atoms with Crippen molar-refractivity contribution in [3.05, 3.63) is 11.4 Å². The number of hydrogen-bond donors (Lipinski definition) is 1. The van der Waals surface area contributed by atoms with Gasteiger partial charge in [-0.2, -0.15) is 5.10 Å². The van der Waals surface area contributed by atoms with Gasteiger partial charge in [-0.1, -0.05) is 20.8 Å². The van der Waals surface area contributed by atoms with E-state index in [4.69, 9.17) is 0 Å². The SMILES string of the molecule is CCCn1nc(C)c(O)c1CC(C)C. The Balaban J connectivity index is 2.97. The summed E-state index contributed by atoms with van der Waals surface area (Å²) in [6, 6.07) is 0. The summed E-state index contributed by atoms with van der Waals surface area (Å²) in [5.41, 5.74) is 1.73. The quantitative estimate of drug-likeness (QED) is 0.803. The average Bonchev–Trinajstić information content (AvgIpc) is 2.33. The van der Waals surface area contributed by atoms with Gasteiger partial charge in [-0.25, -0.2) is 0 Å². The molecule has 1 N–H and O–H groups in total. The second-order valence-electron chi connectivity index (χ2n) is 4.20. The first-order chi connectivity index (χ1) is 6.56. The van der Waals surface area contributed by atoms with Gasteiger partial charge in [-0.15, -0.1) is 0 Å². The molecule has 14 heavy (non-hydrogen) atoms. The van der Waals surface area contributed by atoms with Gasteiger partial charge in [0.1, 0.15) is 5.69 Å². The summed E-state index contributed by atoms with van der Waals surface area (Å²) < 4.78 is 1.94. The molecule has 0 fully saturated rings. The highest BCUT2D eigenvalue weighted by molar-refractivity contribution is 5.31. The summed E-state index contributed by atoms with van der Waals surface area (Å²) in [6.45, 7) is 9.16. The fraction of sp³-hybridized carbons (Fsp3) is 0.727. The van der Waals surface area contributed by atoms with Crippen LogP contribution in [0.2, 0.25) is 0 Å². The number of nitrogens with zero attached hydrogens (tertiary/aromatic N) is 2. The summed E-state index contributed by atoms with van der Waals surface area (Å²) in [5.74, 6) is 0.930. The lowest BCUT2D eigenvalue weighted by molar-refractivity contribution is 0.450. The largest absolute Gasteiger partial charge is 0.504 e. The van der Waals surface area contributed by atoms with E-state index >= 15 is 0 Å². The molecule has 0 unspecified atom stereocenters. The van der Waals surface area contributed by atoms with Crippen LogP contribution in [0.1, 0.15) is 38.6 Å². The first kappa shape index (κ1) is 11.1. The van der Waals surface area contributed by atoms with Crippen molar-refractivity contribution in [2.45, 2.75) is 47.1 Å². The van der Waals surface area contributed by atoms with E-state index in [1.807, 2.05) is 11.6 Å². The van der Waals surface area contributed by atoms with Gasteiger partial charge in [-0.05, 0) is 25.7 Å². The highest BCUT2D eigenvalue weighted by atomic mass is 16.3. The van der Waals surface area contributed by atoms with Crippen LogP contribution in [0.5, 0.6) is 5.75 Å². The Morgan fingerprint density at radius 2 is 2.07 bits per heavy atom. The minimum absolute atomic E-state index is 0.382. The van der Waals surface area contributed by atoms with Gasteiger partial charge in [0, 0.05) is 6.54 Å². The summed E-state index contributed by atoms with van der Waals surface area (Å²) in [6.07, 6.45) is 1.94. The fourth-order valence-corrected chi connectivity index (χ4v) is 1.61. The lowest BCUT2D eigenvalue weighted by Gasteiger charge is -2.08. The van der Waals surface area contributed by atoms with E-state index in [9.17, 15) is 5.11 Å². The third-order valence-electron chi connectivity index (χ3n) is 2.24. The van der Waals surface area contributed by atoms with Crippen molar-refractivity contribution in [1.82, 2.24) is 9.78 Å². The molecule has 0 aliphatic rings. The van der Waals surface area contributed by atoms with Gasteiger partial charge in [0.2, 0.25) is 0 Å². The van der Waals surface area contributed by atoms with Crippen molar-refractivity contribution in [3.63, 3.8) is 0 Å². The maximum atomic E-state index is 9.81. The Labute approximate surface area is 85.8 Å². The molecule has 1 aromatic rings. The fourth-order valence-electron chi connectivity index (χ4n) is 1.61. The van der Waals surface area contributed by atoms with E-state index < -0.39 is 0 Å². The number of aryl methyl sites for hydroxylation is 2. The Hall–Kier alpha value is -0.990. The van der Waals surface area contributed by atoms with Crippen molar-refractivity contribution in [2.24, 2.45) is 5.92 Å². The van der Waals surface area contributed by atoms with Crippen LogP contribution in [0.3, 0.4) is 0 Å². The molecule has 0 aliphatic heterocycles. The summed E-state index contributed by atoms with van der Waals surface area (Å²) in [5, 5.41) is 14.1. The van der Waals surface area contributed by atoms with E-state index in [1.165, 1.54) is 0 Å². The Morgan fingerprint density at radius 3 is 2.57 bits per heavy atom. The van der Waals surface area contributed by atoms with Crippen molar-refractivity contribution in [2.75, 3.05) is 0 Å². The van der Waals surface area contributed by atoms with Gasteiger partial charge in [0.15, 0.2) is 5.75 Å². The van der Waals surface area contributed by atoms with Crippen LogP contribution < -0.4 is 0 Å². The van der Waals surface area contributed by atoms with Gasteiger partial charge >= 0.3 is 0 Å². The van der Waals surface area contributed by atoms with Gasteiger partial charge in [0.25, 0.3) is 0 Å². The maximum absolute atomic E-state index is 9.81. The van der Waals surface area contributed by atoms with E-state index in [2.05, 4.69) is 25.9 Å². The first-order valence-electron chi connectivity index (χ1n) is 5.31. The molecule has 3 nitrogen and oxygen atoms in total. The molecule has 0 saturated carbocycles. The van der Waals surface area contributed by atoms with Gasteiger partial charge in [-0.3, -0.25) is 4.68 Å². The van der Waals surface area contributed by atoms with Crippen LogP contribution in [0.25, 0.3) is 0 Å². The van der Waals surface area contributed by atoms with Crippen LogP contribution >= 0.6 is 0 Å². The van der Waals surface area contributed by atoms with Crippen LogP contribution in [-0.4, -0.2) is 14.9 Å². The topological polar surface area (TPSA) is 38.0 Å². The minimum Gasteiger partial charge on any atom is -0.504 e. The molecule has 0 bridgehead atoms. The molecule has 0 saturated heterocycles. The maximum Gasteiger partial charge on any atom is 0.159 e. The summed E-state index contributed by atoms with van der Waals surface area (Å²) in [7, 11) is 0. The van der Waals surface area contributed by atoms with Crippen molar-refractivity contribution < 1.29 is 5.11 Å². The smallest absolute Gasteiger partial charge is 0.159 e. The molecule has 0 spiro atoms. The third kappa shape index (κ3) is 2.28. The Morgan fingerprint density at radius 1 is 1.43 bits per heavy atom. The predicted molar refractivity (Wildman–Crippen MR) is 57.5 cm³/mol. The van der Waals surface area contributed by atoms with Crippen molar-refractivity contribution in [3.8, 4) is 5.75 Å². The standard InChI is InChI=1S/C11H20N2O/c1-5-6-13-10(7-8(2)3)11(14)9(4)12-13/h8,14H,5-7H2,1-4H3. The lowest BCUT2D eigenvalue weighted by atomic mass is 10.1. The molecular formula is C11H20N2O. The highest BCUT2D eigenvalue weighted by Crippen LogP contribution is 2.24. The van der Waals surface area contributed by atoms with E-state index in [-0.39, 0.29) is 0 Å². The molecule has 1 rings (SSSR count). The summed E-state index contributed by atoms with van der Waals surface area (Å²) >= 11 is 0. The third-order valence-corrected chi connectivity index (χ3v) is 2.24. The van der Waals surface area contributed by atoms with E-state index in [0.29, 0.717) is 11.7 Å². The second kappa shape index (κ2) is 4.49. The number of rotatable bonds is 4. The van der Waals surface area contributed by atoms with Crippen molar-refractivity contribution in [1.29, 1.82) is 0 Å². The Kier molecular flexibility index (Phi) is 3.55.